The lowest BCUT2D eigenvalue weighted by Gasteiger charge is -2.04. The zero-order valence-electron chi connectivity index (χ0n) is 7.78. The van der Waals surface area contributed by atoms with Crippen LogP contribution in [0.5, 0.6) is 0 Å². The molecule has 0 fully saturated rings. The third kappa shape index (κ3) is 2.14. The van der Waals surface area contributed by atoms with E-state index in [0.29, 0.717) is 6.29 Å². The van der Waals surface area contributed by atoms with Gasteiger partial charge in [-0.15, -0.1) is 0 Å². The summed E-state index contributed by atoms with van der Waals surface area (Å²) in [6, 6.07) is 4.38. The maximum Gasteiger partial charge on any atom is 0.339 e. The normalized spacial score (nSPS) is 9.13. The highest BCUT2D eigenvalue weighted by Gasteiger charge is 2.15. The van der Waals surface area contributed by atoms with Gasteiger partial charge < -0.3 is 4.74 Å². The van der Waals surface area contributed by atoms with Crippen molar-refractivity contribution in [1.82, 2.24) is 0 Å². The number of hydrogen-bond acceptors (Lipinski definition) is 4. The van der Waals surface area contributed by atoms with Crippen molar-refractivity contribution in [1.29, 1.82) is 5.26 Å². The Balaban J connectivity index is 3.45. The van der Waals surface area contributed by atoms with Gasteiger partial charge in [-0.05, 0) is 12.1 Å². The van der Waals surface area contributed by atoms with E-state index in [-0.39, 0.29) is 21.7 Å². The number of esters is 1. The molecule has 1 rings (SSSR count). The van der Waals surface area contributed by atoms with Gasteiger partial charge in [-0.3, -0.25) is 4.79 Å². The number of benzene rings is 1. The van der Waals surface area contributed by atoms with E-state index in [4.69, 9.17) is 16.9 Å². The summed E-state index contributed by atoms with van der Waals surface area (Å²) in [5.74, 6) is -0.680. The van der Waals surface area contributed by atoms with Crippen molar-refractivity contribution in [2.75, 3.05) is 7.11 Å². The van der Waals surface area contributed by atoms with Gasteiger partial charge in [0.25, 0.3) is 0 Å². The number of rotatable bonds is 2. The van der Waals surface area contributed by atoms with Crippen molar-refractivity contribution in [3.63, 3.8) is 0 Å². The smallest absolute Gasteiger partial charge is 0.339 e. The summed E-state index contributed by atoms with van der Waals surface area (Å²) in [5.41, 5.74) is 0.290. The molecular weight excluding hydrogens is 218 g/mol. The number of carbonyl (C=O) groups excluding carboxylic acids is 2. The Hall–Kier alpha value is -1.86. The minimum absolute atomic E-state index is 0.00468. The Labute approximate surface area is 91.0 Å². The average molecular weight is 224 g/mol. The predicted molar refractivity (Wildman–Crippen MR) is 52.9 cm³/mol. The van der Waals surface area contributed by atoms with Crippen LogP contribution in [0.4, 0.5) is 0 Å². The number of nitriles is 1. The van der Waals surface area contributed by atoms with Gasteiger partial charge in [0.15, 0.2) is 0 Å². The van der Waals surface area contributed by atoms with E-state index in [1.54, 1.807) is 6.07 Å². The van der Waals surface area contributed by atoms with Gasteiger partial charge >= 0.3 is 5.97 Å². The Bertz CT molecular complexity index is 462. The van der Waals surface area contributed by atoms with Gasteiger partial charge in [-0.1, -0.05) is 11.6 Å². The second kappa shape index (κ2) is 4.58. The van der Waals surface area contributed by atoms with Crippen LogP contribution in [0.1, 0.15) is 26.3 Å². The number of halogens is 1. The summed E-state index contributed by atoms with van der Waals surface area (Å²) in [6.45, 7) is 0. The minimum atomic E-state index is -0.680. The Morgan fingerprint density at radius 1 is 1.60 bits per heavy atom. The zero-order valence-corrected chi connectivity index (χ0v) is 8.54. The molecule has 0 saturated carbocycles. The quantitative estimate of drug-likeness (QED) is 0.567. The van der Waals surface area contributed by atoms with Crippen LogP contribution in [0, 0.1) is 11.3 Å². The van der Waals surface area contributed by atoms with Crippen molar-refractivity contribution in [2.24, 2.45) is 0 Å². The first kappa shape index (κ1) is 11.2. The van der Waals surface area contributed by atoms with E-state index in [9.17, 15) is 9.59 Å². The molecule has 0 N–H and O–H groups in total. The highest BCUT2D eigenvalue weighted by atomic mass is 35.5. The lowest BCUT2D eigenvalue weighted by molar-refractivity contribution is 0.0601. The second-order valence-electron chi connectivity index (χ2n) is 2.65. The molecule has 1 aromatic carbocycles. The van der Waals surface area contributed by atoms with Gasteiger partial charge in [-0.25, -0.2) is 4.79 Å². The molecule has 0 amide bonds. The lowest BCUT2D eigenvalue weighted by Crippen LogP contribution is -2.04. The van der Waals surface area contributed by atoms with Crippen LogP contribution in [0.25, 0.3) is 0 Å². The minimum Gasteiger partial charge on any atom is -0.465 e. The van der Waals surface area contributed by atoms with E-state index in [2.05, 4.69) is 4.74 Å². The van der Waals surface area contributed by atoms with E-state index in [0.717, 1.165) is 0 Å². The Kier molecular flexibility index (Phi) is 3.42. The largest absolute Gasteiger partial charge is 0.465 e. The monoisotopic (exact) mass is 223 g/mol. The molecule has 0 aliphatic heterocycles. The van der Waals surface area contributed by atoms with Gasteiger partial charge in [0, 0.05) is 5.56 Å². The van der Waals surface area contributed by atoms with Crippen molar-refractivity contribution in [3.8, 4) is 6.07 Å². The number of aldehydes is 1. The SMILES string of the molecule is COC(=O)c1cc(C=O)cc(C#N)c1Cl. The molecule has 0 heterocycles. The van der Waals surface area contributed by atoms with Gasteiger partial charge in [0.2, 0.25) is 0 Å². The molecule has 0 aliphatic rings. The molecule has 4 nitrogen and oxygen atoms in total. The van der Waals surface area contributed by atoms with Gasteiger partial charge in [0.1, 0.15) is 12.4 Å². The summed E-state index contributed by atoms with van der Waals surface area (Å²) < 4.78 is 4.47. The third-order valence-corrected chi connectivity index (χ3v) is 2.16. The second-order valence-corrected chi connectivity index (χ2v) is 3.03. The third-order valence-electron chi connectivity index (χ3n) is 1.76. The molecule has 0 bridgehead atoms. The maximum absolute atomic E-state index is 11.2. The maximum atomic E-state index is 11.2. The standard InChI is InChI=1S/C10H6ClNO3/c1-15-10(14)8-3-6(5-13)2-7(4-12)9(8)11/h2-3,5H,1H3. The summed E-state index contributed by atoms with van der Waals surface area (Å²) in [7, 11) is 1.19. The highest BCUT2D eigenvalue weighted by Crippen LogP contribution is 2.22. The number of nitrogens with zero attached hydrogens (tertiary/aromatic N) is 1. The molecule has 76 valence electrons. The summed E-state index contributed by atoms with van der Waals surface area (Å²) in [4.78, 5) is 21.8. The molecule has 0 radical (unpaired) electrons. The Morgan fingerprint density at radius 3 is 2.73 bits per heavy atom. The molecule has 5 heteroatoms. The summed E-state index contributed by atoms with van der Waals surface area (Å²) in [6.07, 6.45) is 0.531. The molecular formula is C10H6ClNO3. The summed E-state index contributed by atoms with van der Waals surface area (Å²) >= 11 is 5.77. The fourth-order valence-corrected chi connectivity index (χ4v) is 1.28. The fraction of sp³-hybridized carbons (Fsp3) is 0.100. The van der Waals surface area contributed by atoms with Crippen molar-refractivity contribution in [3.05, 3.63) is 33.8 Å². The molecule has 0 saturated heterocycles. The number of ether oxygens (including phenoxy) is 1. The zero-order chi connectivity index (χ0) is 11.4. The van der Waals surface area contributed by atoms with Crippen LogP contribution >= 0.6 is 11.6 Å². The van der Waals surface area contributed by atoms with Crippen molar-refractivity contribution < 1.29 is 14.3 Å². The van der Waals surface area contributed by atoms with Crippen LogP contribution in [0.15, 0.2) is 12.1 Å². The van der Waals surface area contributed by atoms with E-state index in [1.165, 1.54) is 19.2 Å². The van der Waals surface area contributed by atoms with Crippen LogP contribution < -0.4 is 0 Å². The van der Waals surface area contributed by atoms with Crippen molar-refractivity contribution >= 4 is 23.9 Å². The topological polar surface area (TPSA) is 67.2 Å². The van der Waals surface area contributed by atoms with Gasteiger partial charge in [0.05, 0.1) is 23.3 Å². The predicted octanol–water partition coefficient (Wildman–Crippen LogP) is 1.81. The van der Waals surface area contributed by atoms with Crippen LogP contribution in [0.3, 0.4) is 0 Å². The fourth-order valence-electron chi connectivity index (χ4n) is 1.05. The van der Waals surface area contributed by atoms with E-state index < -0.39 is 5.97 Å². The highest BCUT2D eigenvalue weighted by molar-refractivity contribution is 6.34. The number of hydrogen-bond donors (Lipinski definition) is 0. The molecule has 0 unspecified atom stereocenters. The number of methoxy groups -OCH3 is 1. The van der Waals surface area contributed by atoms with Crippen LogP contribution in [-0.4, -0.2) is 19.4 Å². The van der Waals surface area contributed by atoms with E-state index in [1.807, 2.05) is 0 Å². The van der Waals surface area contributed by atoms with Crippen LogP contribution in [-0.2, 0) is 4.74 Å². The molecule has 15 heavy (non-hydrogen) atoms. The lowest BCUT2D eigenvalue weighted by atomic mass is 10.1. The molecule has 0 aliphatic carbocycles. The summed E-state index contributed by atoms with van der Waals surface area (Å²) in [5, 5.41) is 8.71. The average Bonchev–Trinajstić information content (AvgIpc) is 2.28. The van der Waals surface area contributed by atoms with Crippen LogP contribution in [0.2, 0.25) is 5.02 Å². The molecule has 0 atom stereocenters. The van der Waals surface area contributed by atoms with Crippen molar-refractivity contribution in [2.45, 2.75) is 0 Å². The number of carbonyl (C=O) groups is 2. The molecule has 0 aromatic heterocycles. The van der Waals surface area contributed by atoms with Gasteiger partial charge in [-0.2, -0.15) is 5.26 Å². The first-order chi connectivity index (χ1) is 7.13. The Morgan fingerprint density at radius 2 is 2.27 bits per heavy atom. The first-order valence-electron chi connectivity index (χ1n) is 3.91. The molecule has 1 aromatic rings. The van der Waals surface area contributed by atoms with E-state index >= 15 is 0 Å². The molecule has 0 spiro atoms. The first-order valence-corrected chi connectivity index (χ1v) is 4.29.